The molecule has 0 radical (unpaired) electrons. The van der Waals surface area contributed by atoms with Gasteiger partial charge in [-0.25, -0.2) is 9.18 Å². The Morgan fingerprint density at radius 3 is 2.58 bits per heavy atom. The van der Waals surface area contributed by atoms with Gasteiger partial charge in [-0.1, -0.05) is 25.1 Å². The van der Waals surface area contributed by atoms with Crippen LogP contribution in [0.15, 0.2) is 53.9 Å². The average molecular weight is 352 g/mol. The average Bonchev–Trinajstić information content (AvgIpc) is 2.64. The van der Waals surface area contributed by atoms with E-state index in [-0.39, 0.29) is 23.8 Å². The van der Waals surface area contributed by atoms with Crippen LogP contribution < -0.4 is 4.90 Å². The number of ether oxygens (including phenoxy) is 1. The van der Waals surface area contributed by atoms with Crippen molar-refractivity contribution < 1.29 is 19.0 Å². The van der Waals surface area contributed by atoms with Crippen molar-refractivity contribution in [3.05, 3.63) is 76.4 Å². The molecule has 1 aliphatic heterocycles. The fraction of sp³-hybridized carbons (Fsp3) is 0.200. The van der Waals surface area contributed by atoms with E-state index in [1.807, 2.05) is 0 Å². The van der Waals surface area contributed by atoms with Gasteiger partial charge in [0.2, 0.25) is 5.88 Å². The van der Waals surface area contributed by atoms with Crippen LogP contribution in [-0.4, -0.2) is 18.2 Å². The molecule has 1 aliphatic rings. The molecule has 3 rings (SSSR count). The number of carbonyl (C=O) groups is 1. The smallest absolute Gasteiger partial charge is 0.337 e. The Bertz CT molecular complexity index is 929. The maximum Gasteiger partial charge on any atom is 0.337 e. The number of rotatable bonds is 4. The van der Waals surface area contributed by atoms with E-state index in [0.29, 0.717) is 11.3 Å². The molecular formula is C20H17FN2O3. The minimum absolute atomic E-state index is 0.145. The number of hydrogen-bond donors (Lipinski definition) is 1. The van der Waals surface area contributed by atoms with Gasteiger partial charge in [-0.05, 0) is 35.4 Å². The summed E-state index contributed by atoms with van der Waals surface area (Å²) in [5.74, 6) is -1.58. The Kier molecular flexibility index (Phi) is 4.63. The lowest BCUT2D eigenvalue weighted by Gasteiger charge is -2.36. The number of nitriles is 1. The van der Waals surface area contributed by atoms with Crippen molar-refractivity contribution in [1.82, 2.24) is 0 Å². The Balaban J connectivity index is 2.17. The van der Waals surface area contributed by atoms with E-state index < -0.39 is 11.9 Å². The van der Waals surface area contributed by atoms with E-state index in [1.165, 1.54) is 19.2 Å². The van der Waals surface area contributed by atoms with E-state index in [1.54, 1.807) is 42.2 Å². The van der Waals surface area contributed by atoms with Crippen molar-refractivity contribution >= 4 is 11.7 Å². The van der Waals surface area contributed by atoms with Gasteiger partial charge in [0.15, 0.2) is 0 Å². The summed E-state index contributed by atoms with van der Waals surface area (Å²) in [5.41, 5.74) is 2.90. The molecule has 2 aromatic rings. The van der Waals surface area contributed by atoms with Crippen LogP contribution in [-0.2, 0) is 16.1 Å². The molecule has 0 aliphatic carbocycles. The number of nitrogens with zero attached hydrogens (tertiary/aromatic N) is 2. The van der Waals surface area contributed by atoms with E-state index in [4.69, 9.17) is 4.74 Å². The van der Waals surface area contributed by atoms with Crippen molar-refractivity contribution in [3.8, 4) is 6.07 Å². The molecule has 1 unspecified atom stereocenters. The minimum Gasteiger partial charge on any atom is -0.482 e. The van der Waals surface area contributed by atoms with E-state index >= 15 is 0 Å². The zero-order valence-electron chi connectivity index (χ0n) is 14.4. The predicted molar refractivity (Wildman–Crippen MR) is 93.8 cm³/mol. The van der Waals surface area contributed by atoms with Crippen LogP contribution in [0.2, 0.25) is 0 Å². The van der Waals surface area contributed by atoms with Gasteiger partial charge in [0.25, 0.3) is 0 Å². The summed E-state index contributed by atoms with van der Waals surface area (Å²) in [6.07, 6.45) is 0. The number of halogens is 1. The third-order valence-corrected chi connectivity index (χ3v) is 4.50. The summed E-state index contributed by atoms with van der Waals surface area (Å²) in [5, 5.41) is 18.9. The highest BCUT2D eigenvalue weighted by molar-refractivity contribution is 5.92. The quantitative estimate of drug-likeness (QED) is 0.907. The van der Waals surface area contributed by atoms with E-state index in [9.17, 15) is 19.6 Å². The van der Waals surface area contributed by atoms with Crippen LogP contribution in [0, 0.1) is 17.1 Å². The summed E-state index contributed by atoms with van der Waals surface area (Å²) in [6.45, 7) is 2.08. The molecule has 6 heteroatoms. The first-order valence-electron chi connectivity index (χ1n) is 8.03. The first-order valence-corrected chi connectivity index (χ1v) is 8.03. The Hall–Kier alpha value is -3.33. The van der Waals surface area contributed by atoms with Gasteiger partial charge in [-0.15, -0.1) is 0 Å². The van der Waals surface area contributed by atoms with Crippen LogP contribution >= 0.6 is 0 Å². The van der Waals surface area contributed by atoms with Crippen LogP contribution in [0.5, 0.6) is 0 Å². The molecule has 0 saturated heterocycles. The molecular weight excluding hydrogens is 335 g/mol. The van der Waals surface area contributed by atoms with Crippen LogP contribution in [0.1, 0.15) is 29.5 Å². The van der Waals surface area contributed by atoms with Crippen LogP contribution in [0.4, 0.5) is 10.1 Å². The molecule has 1 atom stereocenters. The molecule has 0 spiro atoms. The van der Waals surface area contributed by atoms with Gasteiger partial charge in [0, 0.05) is 11.6 Å². The number of methoxy groups -OCH3 is 1. The second kappa shape index (κ2) is 6.89. The van der Waals surface area contributed by atoms with Crippen molar-refractivity contribution in [2.24, 2.45) is 0 Å². The standard InChI is InChI=1S/C20H17FN2O3/c1-12-16-8-5-14(10-22)9-17(16)23(19(26-2)18(12)20(24)25)11-13-3-6-15(21)7-4-13/h3-9,12H,11H2,1-2H3,(H,24,25). The number of fused-ring (bicyclic) bond motifs is 1. The monoisotopic (exact) mass is 352 g/mol. The van der Waals surface area contributed by atoms with Gasteiger partial charge >= 0.3 is 5.97 Å². The van der Waals surface area contributed by atoms with Gasteiger partial charge in [-0.3, -0.25) is 0 Å². The third kappa shape index (κ3) is 3.00. The predicted octanol–water partition coefficient (Wildman–Crippen LogP) is 3.76. The normalized spacial score (nSPS) is 16.1. The summed E-state index contributed by atoms with van der Waals surface area (Å²) >= 11 is 0. The van der Waals surface area contributed by atoms with Crippen molar-refractivity contribution in [1.29, 1.82) is 5.26 Å². The summed E-state index contributed by atoms with van der Waals surface area (Å²) in [4.78, 5) is 13.6. The number of carboxylic acid groups (broad SMARTS) is 1. The Morgan fingerprint density at radius 2 is 2.00 bits per heavy atom. The lowest BCUT2D eigenvalue weighted by Crippen LogP contribution is -2.33. The molecule has 0 fully saturated rings. The van der Waals surface area contributed by atoms with Crippen molar-refractivity contribution in [2.75, 3.05) is 12.0 Å². The number of anilines is 1. The lowest BCUT2D eigenvalue weighted by atomic mass is 9.87. The summed E-state index contributed by atoms with van der Waals surface area (Å²) in [7, 11) is 1.42. The molecule has 2 aromatic carbocycles. The molecule has 0 saturated carbocycles. The lowest BCUT2D eigenvalue weighted by molar-refractivity contribution is -0.133. The molecule has 0 amide bonds. The highest BCUT2D eigenvalue weighted by Crippen LogP contribution is 2.42. The van der Waals surface area contributed by atoms with E-state index in [2.05, 4.69) is 6.07 Å². The van der Waals surface area contributed by atoms with Gasteiger partial charge in [-0.2, -0.15) is 5.26 Å². The number of carboxylic acids is 1. The first kappa shape index (κ1) is 17.5. The SMILES string of the molecule is COC1=C(C(=O)O)C(C)c2ccc(C#N)cc2N1Cc1ccc(F)cc1. The van der Waals surface area contributed by atoms with Gasteiger partial charge in [0.05, 0.1) is 25.3 Å². The molecule has 0 bridgehead atoms. The summed E-state index contributed by atoms with van der Waals surface area (Å²) < 4.78 is 18.6. The maximum atomic E-state index is 13.2. The number of benzene rings is 2. The number of hydrogen-bond acceptors (Lipinski definition) is 4. The first-order chi connectivity index (χ1) is 12.5. The van der Waals surface area contributed by atoms with Crippen LogP contribution in [0.25, 0.3) is 0 Å². The zero-order chi connectivity index (χ0) is 18.8. The zero-order valence-corrected chi connectivity index (χ0v) is 14.4. The second-order valence-corrected chi connectivity index (χ2v) is 6.05. The Labute approximate surface area is 150 Å². The largest absolute Gasteiger partial charge is 0.482 e. The van der Waals surface area contributed by atoms with Gasteiger partial charge in [0.1, 0.15) is 11.4 Å². The fourth-order valence-electron chi connectivity index (χ4n) is 3.23. The second-order valence-electron chi connectivity index (χ2n) is 6.05. The van der Waals surface area contributed by atoms with Crippen molar-refractivity contribution in [2.45, 2.75) is 19.4 Å². The molecule has 0 aromatic heterocycles. The molecule has 5 nitrogen and oxygen atoms in total. The summed E-state index contributed by atoms with van der Waals surface area (Å²) in [6, 6.07) is 13.2. The fourth-order valence-corrected chi connectivity index (χ4v) is 3.23. The number of aliphatic carboxylic acids is 1. The highest BCUT2D eigenvalue weighted by atomic mass is 19.1. The Morgan fingerprint density at radius 1 is 1.31 bits per heavy atom. The topological polar surface area (TPSA) is 73.6 Å². The molecule has 1 heterocycles. The third-order valence-electron chi connectivity index (χ3n) is 4.50. The van der Waals surface area contributed by atoms with Crippen LogP contribution in [0.3, 0.4) is 0 Å². The van der Waals surface area contributed by atoms with Crippen molar-refractivity contribution in [3.63, 3.8) is 0 Å². The molecule has 1 N–H and O–H groups in total. The maximum absolute atomic E-state index is 13.2. The highest BCUT2D eigenvalue weighted by Gasteiger charge is 2.35. The molecule has 132 valence electrons. The van der Waals surface area contributed by atoms with E-state index in [0.717, 1.165) is 11.1 Å². The minimum atomic E-state index is -1.06. The van der Waals surface area contributed by atoms with Gasteiger partial charge < -0.3 is 14.7 Å². The molecule has 26 heavy (non-hydrogen) atoms.